The largest absolute Gasteiger partial charge is 0.394 e. The number of rotatable bonds is 4. The Morgan fingerprint density at radius 1 is 1.30 bits per heavy atom. The minimum atomic E-state index is -0.242. The molecule has 1 heterocycles. The molecule has 1 aliphatic carbocycles. The highest BCUT2D eigenvalue weighted by atomic mass is 16.3. The van der Waals surface area contributed by atoms with Gasteiger partial charge in [0.25, 0.3) is 0 Å². The van der Waals surface area contributed by atoms with E-state index in [0.29, 0.717) is 5.92 Å². The fourth-order valence-electron chi connectivity index (χ4n) is 3.20. The zero-order chi connectivity index (χ0) is 14.8. The molecule has 1 aliphatic rings. The van der Waals surface area contributed by atoms with Crippen molar-refractivity contribution < 1.29 is 5.11 Å². The average Bonchev–Trinajstić information content (AvgIpc) is 2.42. The summed E-state index contributed by atoms with van der Waals surface area (Å²) in [4.78, 5) is 8.90. The van der Waals surface area contributed by atoms with E-state index in [2.05, 4.69) is 27.5 Å². The maximum absolute atomic E-state index is 9.89. The lowest BCUT2D eigenvalue weighted by Crippen LogP contribution is -2.46. The molecule has 1 saturated carbocycles. The highest BCUT2D eigenvalue weighted by Gasteiger charge is 2.35. The van der Waals surface area contributed by atoms with Crippen molar-refractivity contribution in [3.8, 4) is 0 Å². The van der Waals surface area contributed by atoms with Gasteiger partial charge in [-0.25, -0.2) is 9.97 Å². The molecule has 2 atom stereocenters. The van der Waals surface area contributed by atoms with Crippen LogP contribution in [0, 0.1) is 19.8 Å². The summed E-state index contributed by atoms with van der Waals surface area (Å²) in [5.74, 6) is 3.05. The van der Waals surface area contributed by atoms with E-state index in [1.165, 1.54) is 6.42 Å². The molecule has 3 N–H and O–H groups in total. The summed E-state index contributed by atoms with van der Waals surface area (Å²) >= 11 is 0. The molecule has 0 radical (unpaired) electrons. The summed E-state index contributed by atoms with van der Waals surface area (Å²) in [5.41, 5.74) is 0.762. The topological polar surface area (TPSA) is 70.1 Å². The number of aromatic nitrogens is 2. The van der Waals surface area contributed by atoms with Crippen LogP contribution in [0.2, 0.25) is 0 Å². The Kier molecular flexibility index (Phi) is 4.48. The summed E-state index contributed by atoms with van der Waals surface area (Å²) in [6, 6.07) is 0. The van der Waals surface area contributed by atoms with Gasteiger partial charge < -0.3 is 15.7 Å². The normalized spacial score (nSPS) is 26.4. The monoisotopic (exact) mass is 278 g/mol. The van der Waals surface area contributed by atoms with Gasteiger partial charge in [-0.05, 0) is 32.6 Å². The number of nitrogens with zero attached hydrogens (tertiary/aromatic N) is 2. The molecule has 0 aromatic carbocycles. The first-order valence-corrected chi connectivity index (χ1v) is 7.42. The third-order valence-corrected chi connectivity index (χ3v) is 4.27. The van der Waals surface area contributed by atoms with Crippen LogP contribution in [-0.2, 0) is 0 Å². The number of hydrogen-bond acceptors (Lipinski definition) is 5. The lowest BCUT2D eigenvalue weighted by molar-refractivity contribution is 0.149. The predicted octanol–water partition coefficient (Wildman–Crippen LogP) is 2.49. The highest BCUT2D eigenvalue weighted by molar-refractivity contribution is 5.58. The second-order valence-corrected chi connectivity index (χ2v) is 6.11. The van der Waals surface area contributed by atoms with Crippen LogP contribution in [0.15, 0.2) is 0 Å². The van der Waals surface area contributed by atoms with E-state index in [-0.39, 0.29) is 12.1 Å². The van der Waals surface area contributed by atoms with Gasteiger partial charge in [0.1, 0.15) is 17.5 Å². The van der Waals surface area contributed by atoms with E-state index in [1.807, 2.05) is 20.9 Å². The summed E-state index contributed by atoms with van der Waals surface area (Å²) in [6.07, 6.45) is 4.37. The third-order valence-electron chi connectivity index (χ3n) is 4.27. The molecule has 1 aromatic heterocycles. The van der Waals surface area contributed by atoms with Crippen molar-refractivity contribution in [1.82, 2.24) is 9.97 Å². The summed E-state index contributed by atoms with van der Waals surface area (Å²) in [6.45, 7) is 6.29. The Morgan fingerprint density at radius 3 is 2.60 bits per heavy atom. The number of aliphatic hydroxyl groups is 1. The molecule has 1 fully saturated rings. The van der Waals surface area contributed by atoms with E-state index in [9.17, 15) is 5.11 Å². The van der Waals surface area contributed by atoms with Gasteiger partial charge in [-0.2, -0.15) is 0 Å². The second kappa shape index (κ2) is 5.95. The molecule has 0 aliphatic heterocycles. The Balaban J connectivity index is 2.29. The van der Waals surface area contributed by atoms with Crippen molar-refractivity contribution in [3.63, 3.8) is 0 Å². The summed E-state index contributed by atoms with van der Waals surface area (Å²) < 4.78 is 0. The standard InChI is InChI=1S/C15H26N4O/c1-10-6-5-7-15(8-10,9-20)19-14-11(2)13(16-4)17-12(3)18-14/h10,20H,5-9H2,1-4H3,(H2,16,17,18,19). The Bertz CT molecular complexity index is 477. The smallest absolute Gasteiger partial charge is 0.135 e. The van der Waals surface area contributed by atoms with E-state index in [1.54, 1.807) is 0 Å². The predicted molar refractivity (Wildman–Crippen MR) is 82.1 cm³/mol. The summed E-state index contributed by atoms with van der Waals surface area (Å²) in [5, 5.41) is 16.5. The van der Waals surface area contributed by atoms with Gasteiger partial charge in [0.05, 0.1) is 12.1 Å². The molecule has 2 unspecified atom stereocenters. The van der Waals surface area contributed by atoms with Crippen LogP contribution in [-0.4, -0.2) is 34.3 Å². The summed E-state index contributed by atoms with van der Waals surface area (Å²) in [7, 11) is 1.86. The van der Waals surface area contributed by atoms with Crippen molar-refractivity contribution in [1.29, 1.82) is 0 Å². The van der Waals surface area contributed by atoms with Crippen LogP contribution in [0.5, 0.6) is 0 Å². The van der Waals surface area contributed by atoms with Crippen molar-refractivity contribution in [2.24, 2.45) is 5.92 Å². The molecule has 0 spiro atoms. The van der Waals surface area contributed by atoms with Crippen LogP contribution in [0.1, 0.15) is 44.0 Å². The molecule has 5 heteroatoms. The Hall–Kier alpha value is -1.36. The van der Waals surface area contributed by atoms with Crippen molar-refractivity contribution >= 4 is 11.6 Å². The van der Waals surface area contributed by atoms with Gasteiger partial charge in [0, 0.05) is 12.6 Å². The van der Waals surface area contributed by atoms with E-state index < -0.39 is 0 Å². The molecule has 5 nitrogen and oxygen atoms in total. The molecule has 0 saturated heterocycles. The van der Waals surface area contributed by atoms with Gasteiger partial charge in [-0.3, -0.25) is 0 Å². The molecule has 0 bridgehead atoms. The van der Waals surface area contributed by atoms with Gasteiger partial charge in [-0.15, -0.1) is 0 Å². The number of anilines is 2. The van der Waals surface area contributed by atoms with Crippen molar-refractivity contribution in [2.45, 2.75) is 52.0 Å². The quantitative estimate of drug-likeness (QED) is 0.789. The minimum Gasteiger partial charge on any atom is -0.394 e. The fourth-order valence-corrected chi connectivity index (χ4v) is 3.20. The maximum atomic E-state index is 9.89. The first-order chi connectivity index (χ1) is 9.49. The number of aryl methyl sites for hydroxylation is 1. The molecule has 1 aromatic rings. The van der Waals surface area contributed by atoms with Gasteiger partial charge >= 0.3 is 0 Å². The van der Waals surface area contributed by atoms with E-state index in [0.717, 1.165) is 42.3 Å². The average molecular weight is 278 g/mol. The van der Waals surface area contributed by atoms with Gasteiger partial charge in [0.15, 0.2) is 0 Å². The first kappa shape index (κ1) is 15.0. The Labute approximate surface area is 121 Å². The van der Waals surface area contributed by atoms with Crippen LogP contribution < -0.4 is 10.6 Å². The van der Waals surface area contributed by atoms with E-state index >= 15 is 0 Å². The van der Waals surface area contributed by atoms with Crippen LogP contribution in [0.25, 0.3) is 0 Å². The third kappa shape index (κ3) is 3.03. The molecule has 112 valence electrons. The molecule has 20 heavy (non-hydrogen) atoms. The minimum absolute atomic E-state index is 0.148. The molecule has 0 amide bonds. The van der Waals surface area contributed by atoms with Crippen LogP contribution in [0.3, 0.4) is 0 Å². The fraction of sp³-hybridized carbons (Fsp3) is 0.733. The lowest BCUT2D eigenvalue weighted by Gasteiger charge is -2.40. The van der Waals surface area contributed by atoms with Crippen molar-refractivity contribution in [3.05, 3.63) is 11.4 Å². The van der Waals surface area contributed by atoms with Crippen LogP contribution in [0.4, 0.5) is 11.6 Å². The molecular formula is C15H26N4O. The van der Waals surface area contributed by atoms with Crippen LogP contribution >= 0.6 is 0 Å². The highest BCUT2D eigenvalue weighted by Crippen LogP contribution is 2.35. The lowest BCUT2D eigenvalue weighted by atomic mass is 9.77. The zero-order valence-electron chi connectivity index (χ0n) is 13.0. The first-order valence-electron chi connectivity index (χ1n) is 7.42. The van der Waals surface area contributed by atoms with E-state index in [4.69, 9.17) is 0 Å². The van der Waals surface area contributed by atoms with Gasteiger partial charge in [-0.1, -0.05) is 19.8 Å². The maximum Gasteiger partial charge on any atom is 0.135 e. The molecule has 2 rings (SSSR count). The van der Waals surface area contributed by atoms with Gasteiger partial charge in [0.2, 0.25) is 0 Å². The number of hydrogen-bond donors (Lipinski definition) is 3. The Morgan fingerprint density at radius 2 is 2.00 bits per heavy atom. The number of nitrogens with one attached hydrogen (secondary N) is 2. The zero-order valence-corrected chi connectivity index (χ0v) is 13.0. The molecular weight excluding hydrogens is 252 g/mol. The SMILES string of the molecule is CNc1nc(C)nc(NC2(CO)CCCC(C)C2)c1C. The number of aliphatic hydroxyl groups excluding tert-OH is 1. The second-order valence-electron chi connectivity index (χ2n) is 6.11. The van der Waals surface area contributed by atoms with Crippen molar-refractivity contribution in [2.75, 3.05) is 24.3 Å².